The van der Waals surface area contributed by atoms with Crippen molar-refractivity contribution in [3.05, 3.63) is 50.3 Å². The van der Waals surface area contributed by atoms with Gasteiger partial charge in [0.2, 0.25) is 10.0 Å². The van der Waals surface area contributed by atoms with Gasteiger partial charge in [-0.2, -0.15) is 0 Å². The van der Waals surface area contributed by atoms with Crippen LogP contribution in [-0.2, 0) is 15.4 Å². The molecule has 154 valence electrons. The zero-order valence-electron chi connectivity index (χ0n) is 16.2. The zero-order valence-corrected chi connectivity index (χ0v) is 19.5. The molecule has 0 spiro atoms. The first kappa shape index (κ1) is 21.7. The smallest absolute Gasteiger partial charge is 0.267 e. The molecule has 3 rings (SSSR count). The molecule has 7 nitrogen and oxygen atoms in total. The van der Waals surface area contributed by atoms with Gasteiger partial charge in [0.15, 0.2) is 5.76 Å². The molecule has 0 saturated carbocycles. The first-order valence-electron chi connectivity index (χ1n) is 8.58. The molecule has 2 aromatic heterocycles. The molecule has 0 radical (unpaired) electrons. The molecule has 0 aliphatic rings. The predicted octanol–water partition coefficient (Wildman–Crippen LogP) is 4.67. The summed E-state index contributed by atoms with van der Waals surface area (Å²) >= 11 is 4.29. The van der Waals surface area contributed by atoms with Crippen LogP contribution in [0.2, 0.25) is 0 Å². The summed E-state index contributed by atoms with van der Waals surface area (Å²) in [6, 6.07) is 7.40. The second kappa shape index (κ2) is 7.67. The number of anilines is 1. The number of carbonyl (C=O) groups excluding carboxylic acids is 1. The quantitative estimate of drug-likeness (QED) is 0.543. The van der Waals surface area contributed by atoms with Gasteiger partial charge in [-0.3, -0.25) is 4.79 Å². The molecule has 0 atom stereocenters. The number of hydrogen-bond donors (Lipinski definition) is 2. The number of sulfonamides is 1. The Balaban J connectivity index is 1.98. The molecule has 2 heterocycles. The monoisotopic (exact) mass is 497 g/mol. The highest BCUT2D eigenvalue weighted by atomic mass is 79.9. The molecular weight excluding hydrogens is 478 g/mol. The van der Waals surface area contributed by atoms with E-state index in [0.29, 0.717) is 15.9 Å². The summed E-state index contributed by atoms with van der Waals surface area (Å²) < 4.78 is 30.3. The van der Waals surface area contributed by atoms with Crippen molar-refractivity contribution in [3.63, 3.8) is 0 Å². The van der Waals surface area contributed by atoms with E-state index < -0.39 is 15.9 Å². The van der Waals surface area contributed by atoms with Gasteiger partial charge in [0, 0.05) is 11.1 Å². The summed E-state index contributed by atoms with van der Waals surface area (Å²) in [6.07, 6.45) is 0. The third kappa shape index (κ3) is 4.45. The molecule has 3 aromatic rings. The van der Waals surface area contributed by atoms with Gasteiger partial charge >= 0.3 is 0 Å². The molecule has 0 aliphatic carbocycles. The minimum atomic E-state index is -4.20. The van der Waals surface area contributed by atoms with E-state index in [9.17, 15) is 13.2 Å². The van der Waals surface area contributed by atoms with Crippen LogP contribution in [0.4, 0.5) is 5.69 Å². The number of carbonyl (C=O) groups is 1. The second-order valence-electron chi connectivity index (χ2n) is 7.55. The molecule has 3 N–H and O–H groups in total. The van der Waals surface area contributed by atoms with Gasteiger partial charge in [0.1, 0.15) is 9.77 Å². The van der Waals surface area contributed by atoms with Crippen molar-refractivity contribution in [2.75, 3.05) is 5.32 Å². The summed E-state index contributed by atoms with van der Waals surface area (Å²) in [4.78, 5) is 12.5. The van der Waals surface area contributed by atoms with Gasteiger partial charge < -0.3 is 9.84 Å². The van der Waals surface area contributed by atoms with E-state index in [-0.39, 0.29) is 26.5 Å². The minimum absolute atomic E-state index is 0.0193. The average molecular weight is 498 g/mol. The number of primary sulfonamides is 1. The number of hydrogen-bond acceptors (Lipinski definition) is 6. The molecule has 1 amide bonds. The number of nitrogens with two attached hydrogens (primary N) is 1. The molecule has 1 aromatic carbocycles. The molecule has 0 bridgehead atoms. The van der Waals surface area contributed by atoms with E-state index >= 15 is 0 Å². The van der Waals surface area contributed by atoms with E-state index in [0.717, 1.165) is 16.9 Å². The van der Waals surface area contributed by atoms with Crippen molar-refractivity contribution in [3.8, 4) is 11.3 Å². The number of nitrogens with zero attached hydrogens (tertiary/aromatic N) is 1. The Morgan fingerprint density at radius 2 is 1.86 bits per heavy atom. The van der Waals surface area contributed by atoms with Crippen molar-refractivity contribution < 1.29 is 17.7 Å². The van der Waals surface area contributed by atoms with E-state index in [4.69, 9.17) is 9.66 Å². The van der Waals surface area contributed by atoms with Crippen LogP contribution in [0.15, 0.2) is 43.5 Å². The van der Waals surface area contributed by atoms with Gasteiger partial charge in [-0.15, -0.1) is 11.3 Å². The Bertz CT molecular complexity index is 1170. The predicted molar refractivity (Wildman–Crippen MR) is 117 cm³/mol. The Morgan fingerprint density at radius 3 is 2.34 bits per heavy atom. The standard InChI is InChI=1S/C19H20BrN3O4S2/c1-10-14(20)15(27-23-10)13-9-28-16(17(13)29(21,25)26)18(24)22-12-7-5-11(6-8-12)19(2,3)4/h5-9H,1-4H3,(H,22,24)(H2,21,25,26). The lowest BCUT2D eigenvalue weighted by Gasteiger charge is -2.19. The fourth-order valence-electron chi connectivity index (χ4n) is 2.71. The first-order valence-corrected chi connectivity index (χ1v) is 11.8. The topological polar surface area (TPSA) is 115 Å². The highest BCUT2D eigenvalue weighted by Gasteiger charge is 2.30. The van der Waals surface area contributed by atoms with Crippen molar-refractivity contribution in [1.29, 1.82) is 0 Å². The summed E-state index contributed by atoms with van der Waals surface area (Å²) in [5.41, 5.74) is 2.39. The number of aryl methyl sites for hydroxylation is 1. The molecule has 0 saturated heterocycles. The number of nitrogens with one attached hydrogen (secondary N) is 1. The Hall–Kier alpha value is -2.01. The van der Waals surface area contributed by atoms with Crippen LogP contribution in [0.25, 0.3) is 11.3 Å². The largest absolute Gasteiger partial charge is 0.355 e. The van der Waals surface area contributed by atoms with Gasteiger partial charge in [0.05, 0.1) is 15.7 Å². The van der Waals surface area contributed by atoms with Crippen LogP contribution in [0.3, 0.4) is 0 Å². The summed E-state index contributed by atoms with van der Waals surface area (Å²) in [7, 11) is -4.20. The minimum Gasteiger partial charge on any atom is -0.355 e. The van der Waals surface area contributed by atoms with E-state index in [1.807, 2.05) is 12.1 Å². The van der Waals surface area contributed by atoms with Crippen LogP contribution in [0.1, 0.15) is 41.7 Å². The first-order chi connectivity index (χ1) is 13.4. The Kier molecular flexibility index (Phi) is 5.74. The van der Waals surface area contributed by atoms with Crippen LogP contribution >= 0.6 is 27.3 Å². The number of amides is 1. The SMILES string of the molecule is Cc1noc(-c2csc(C(=O)Nc3ccc(C(C)(C)C)cc3)c2S(N)(=O)=O)c1Br. The van der Waals surface area contributed by atoms with E-state index in [2.05, 4.69) is 47.2 Å². The van der Waals surface area contributed by atoms with Gasteiger partial charge in [-0.05, 0) is 46.0 Å². The third-order valence-electron chi connectivity index (χ3n) is 4.28. The lowest BCUT2D eigenvalue weighted by atomic mass is 9.87. The maximum atomic E-state index is 12.8. The molecular formula is C19H20BrN3O4S2. The lowest BCUT2D eigenvalue weighted by molar-refractivity contribution is 0.102. The number of thiophene rings is 1. The maximum absolute atomic E-state index is 12.8. The van der Waals surface area contributed by atoms with Crippen LogP contribution in [-0.4, -0.2) is 19.5 Å². The van der Waals surface area contributed by atoms with Gasteiger partial charge in [-0.1, -0.05) is 38.1 Å². The van der Waals surface area contributed by atoms with Crippen molar-refractivity contribution >= 4 is 48.9 Å². The van der Waals surface area contributed by atoms with Gasteiger partial charge in [-0.25, -0.2) is 13.6 Å². The molecule has 0 unspecified atom stereocenters. The highest BCUT2D eigenvalue weighted by Crippen LogP contribution is 2.39. The fraction of sp³-hybridized carbons (Fsp3) is 0.263. The number of halogens is 1. The third-order valence-corrected chi connectivity index (χ3v) is 7.32. The summed E-state index contributed by atoms with van der Waals surface area (Å²) in [5.74, 6) is -0.363. The van der Waals surface area contributed by atoms with Crippen molar-refractivity contribution in [2.24, 2.45) is 5.14 Å². The number of aromatic nitrogens is 1. The zero-order chi connectivity index (χ0) is 21.6. The molecule has 29 heavy (non-hydrogen) atoms. The Labute approximate surface area is 181 Å². The number of rotatable bonds is 4. The molecule has 0 aliphatic heterocycles. The normalized spacial score (nSPS) is 12.2. The van der Waals surface area contributed by atoms with Crippen molar-refractivity contribution in [1.82, 2.24) is 5.16 Å². The highest BCUT2D eigenvalue weighted by molar-refractivity contribution is 9.10. The summed E-state index contributed by atoms with van der Waals surface area (Å²) in [6.45, 7) is 7.98. The molecule has 0 fully saturated rings. The summed E-state index contributed by atoms with van der Waals surface area (Å²) in [5, 5.41) is 13.5. The molecule has 10 heteroatoms. The number of benzene rings is 1. The van der Waals surface area contributed by atoms with Gasteiger partial charge in [0.25, 0.3) is 5.91 Å². The van der Waals surface area contributed by atoms with Crippen LogP contribution < -0.4 is 10.5 Å². The fourth-order valence-corrected chi connectivity index (χ4v) is 5.28. The Morgan fingerprint density at radius 1 is 1.24 bits per heavy atom. The lowest BCUT2D eigenvalue weighted by Crippen LogP contribution is -2.19. The maximum Gasteiger partial charge on any atom is 0.267 e. The van der Waals surface area contributed by atoms with E-state index in [1.165, 1.54) is 5.38 Å². The van der Waals surface area contributed by atoms with Crippen molar-refractivity contribution in [2.45, 2.75) is 38.0 Å². The average Bonchev–Trinajstić information content (AvgIpc) is 3.19. The van der Waals surface area contributed by atoms with E-state index in [1.54, 1.807) is 19.1 Å². The van der Waals surface area contributed by atoms with Crippen LogP contribution in [0, 0.1) is 6.92 Å². The van der Waals surface area contributed by atoms with Crippen LogP contribution in [0.5, 0.6) is 0 Å². The second-order valence-corrected chi connectivity index (χ2v) is 10.7.